The van der Waals surface area contributed by atoms with Crippen LogP contribution >= 0.6 is 34.7 Å². The summed E-state index contributed by atoms with van der Waals surface area (Å²) in [5, 5.41) is 12.0. The van der Waals surface area contributed by atoms with Crippen molar-refractivity contribution in [1.29, 1.82) is 0 Å². The van der Waals surface area contributed by atoms with Crippen molar-refractivity contribution in [1.82, 2.24) is 10.2 Å². The average Bonchev–Trinajstić information content (AvgIpc) is 2.74. The number of amides is 1. The van der Waals surface area contributed by atoms with Crippen molar-refractivity contribution in [3.8, 4) is 0 Å². The van der Waals surface area contributed by atoms with E-state index in [0.717, 1.165) is 9.35 Å². The zero-order chi connectivity index (χ0) is 13.8. The quantitative estimate of drug-likeness (QED) is 0.876. The lowest BCUT2D eigenvalue weighted by molar-refractivity contribution is -0.115. The number of aryl methyl sites for hydroxylation is 1. The van der Waals surface area contributed by atoms with Gasteiger partial charge >= 0.3 is 0 Å². The molecule has 0 aliphatic carbocycles. The summed E-state index contributed by atoms with van der Waals surface area (Å²) in [6, 6.07) is 7.07. The first-order valence-electron chi connectivity index (χ1n) is 5.58. The SMILES string of the molecule is Cc1nnc(SC(C)C(=O)Nc2cccc(Cl)c2)s1. The van der Waals surface area contributed by atoms with Gasteiger partial charge in [-0.25, -0.2) is 0 Å². The molecular weight excluding hydrogens is 302 g/mol. The van der Waals surface area contributed by atoms with Crippen molar-refractivity contribution in [3.63, 3.8) is 0 Å². The molecule has 1 heterocycles. The van der Waals surface area contributed by atoms with Crippen molar-refractivity contribution < 1.29 is 4.79 Å². The number of rotatable bonds is 4. The van der Waals surface area contributed by atoms with E-state index in [2.05, 4.69) is 15.5 Å². The summed E-state index contributed by atoms with van der Waals surface area (Å²) in [7, 11) is 0. The zero-order valence-corrected chi connectivity index (χ0v) is 12.8. The highest BCUT2D eigenvalue weighted by atomic mass is 35.5. The van der Waals surface area contributed by atoms with Crippen LogP contribution in [0.2, 0.25) is 5.02 Å². The predicted molar refractivity (Wildman–Crippen MR) is 80.0 cm³/mol. The van der Waals surface area contributed by atoms with Crippen LogP contribution in [0.5, 0.6) is 0 Å². The van der Waals surface area contributed by atoms with Crippen LogP contribution in [0, 0.1) is 6.92 Å². The number of aromatic nitrogens is 2. The maximum absolute atomic E-state index is 12.0. The number of hydrogen-bond donors (Lipinski definition) is 1. The number of nitrogens with one attached hydrogen (secondary N) is 1. The van der Waals surface area contributed by atoms with Crippen molar-refractivity contribution >= 4 is 46.3 Å². The second kappa shape index (κ2) is 6.36. The van der Waals surface area contributed by atoms with Crippen LogP contribution in [0.4, 0.5) is 5.69 Å². The normalized spacial score (nSPS) is 12.2. The molecule has 0 bridgehead atoms. The van der Waals surface area contributed by atoms with Crippen LogP contribution in [0.25, 0.3) is 0 Å². The number of anilines is 1. The van der Waals surface area contributed by atoms with Gasteiger partial charge in [0.1, 0.15) is 5.01 Å². The van der Waals surface area contributed by atoms with Gasteiger partial charge in [0.25, 0.3) is 0 Å². The number of carbonyl (C=O) groups excluding carboxylic acids is 1. The average molecular weight is 314 g/mol. The van der Waals surface area contributed by atoms with E-state index >= 15 is 0 Å². The van der Waals surface area contributed by atoms with E-state index < -0.39 is 0 Å². The van der Waals surface area contributed by atoms with Gasteiger partial charge in [-0.1, -0.05) is 40.8 Å². The third-order valence-electron chi connectivity index (χ3n) is 2.25. The van der Waals surface area contributed by atoms with Crippen molar-refractivity contribution in [2.24, 2.45) is 0 Å². The topological polar surface area (TPSA) is 54.9 Å². The first-order chi connectivity index (χ1) is 9.04. The molecule has 0 radical (unpaired) electrons. The van der Waals surface area contributed by atoms with E-state index in [4.69, 9.17) is 11.6 Å². The van der Waals surface area contributed by atoms with Crippen LogP contribution < -0.4 is 5.32 Å². The fourth-order valence-corrected chi connectivity index (χ4v) is 3.49. The van der Waals surface area contributed by atoms with E-state index in [0.29, 0.717) is 10.7 Å². The molecule has 4 nitrogen and oxygen atoms in total. The highest BCUT2D eigenvalue weighted by Gasteiger charge is 2.16. The zero-order valence-electron chi connectivity index (χ0n) is 10.4. The van der Waals surface area contributed by atoms with E-state index in [1.807, 2.05) is 13.8 Å². The largest absolute Gasteiger partial charge is 0.325 e. The summed E-state index contributed by atoms with van der Waals surface area (Å²) in [5.41, 5.74) is 0.693. The number of hydrogen-bond acceptors (Lipinski definition) is 5. The number of carbonyl (C=O) groups is 1. The van der Waals surface area contributed by atoms with Crippen molar-refractivity contribution in [2.45, 2.75) is 23.4 Å². The minimum Gasteiger partial charge on any atom is -0.325 e. The molecule has 100 valence electrons. The molecule has 1 aromatic carbocycles. The summed E-state index contributed by atoms with van der Waals surface area (Å²) in [4.78, 5) is 12.0. The minimum absolute atomic E-state index is 0.0832. The molecule has 1 N–H and O–H groups in total. The summed E-state index contributed by atoms with van der Waals surface area (Å²) in [6.07, 6.45) is 0. The molecule has 19 heavy (non-hydrogen) atoms. The Hall–Kier alpha value is -1.11. The number of nitrogens with zero attached hydrogens (tertiary/aromatic N) is 2. The van der Waals surface area contributed by atoms with Gasteiger partial charge in [0.05, 0.1) is 5.25 Å². The van der Waals surface area contributed by atoms with Crippen LogP contribution in [-0.2, 0) is 4.79 Å². The van der Waals surface area contributed by atoms with Crippen LogP contribution in [0.15, 0.2) is 28.6 Å². The Morgan fingerprint density at radius 2 is 2.26 bits per heavy atom. The Bertz CT molecular complexity index is 588. The molecule has 1 aromatic heterocycles. The monoisotopic (exact) mass is 313 g/mol. The van der Waals surface area contributed by atoms with E-state index in [9.17, 15) is 4.79 Å². The second-order valence-electron chi connectivity index (χ2n) is 3.85. The Morgan fingerprint density at radius 3 is 2.89 bits per heavy atom. The second-order valence-corrected chi connectivity index (χ2v) is 7.05. The summed E-state index contributed by atoms with van der Waals surface area (Å²) < 4.78 is 0.797. The Labute approximate surface area is 124 Å². The molecule has 1 amide bonds. The number of thioether (sulfide) groups is 1. The molecule has 1 atom stereocenters. The molecule has 0 saturated carbocycles. The summed E-state index contributed by atoms with van der Waals surface area (Å²) in [5.74, 6) is -0.0832. The van der Waals surface area contributed by atoms with Gasteiger partial charge in [-0.05, 0) is 32.0 Å². The fourth-order valence-electron chi connectivity index (χ4n) is 1.34. The molecule has 0 fully saturated rings. The van der Waals surface area contributed by atoms with Crippen LogP contribution in [-0.4, -0.2) is 21.4 Å². The van der Waals surface area contributed by atoms with E-state index in [-0.39, 0.29) is 11.2 Å². The maximum atomic E-state index is 12.0. The highest BCUT2D eigenvalue weighted by Crippen LogP contribution is 2.27. The van der Waals surface area contributed by atoms with Gasteiger partial charge in [-0.2, -0.15) is 0 Å². The smallest absolute Gasteiger partial charge is 0.237 e. The van der Waals surface area contributed by atoms with Gasteiger partial charge in [-0.3, -0.25) is 4.79 Å². The molecule has 7 heteroatoms. The number of benzene rings is 1. The Kier molecular flexibility index (Phi) is 4.79. The molecule has 0 aliphatic heterocycles. The fraction of sp³-hybridized carbons (Fsp3) is 0.250. The van der Waals surface area contributed by atoms with Crippen LogP contribution in [0.1, 0.15) is 11.9 Å². The summed E-state index contributed by atoms with van der Waals surface area (Å²) >= 11 is 8.74. The van der Waals surface area contributed by atoms with Gasteiger partial charge < -0.3 is 5.32 Å². The van der Waals surface area contributed by atoms with Gasteiger partial charge in [0.15, 0.2) is 4.34 Å². The van der Waals surface area contributed by atoms with Crippen molar-refractivity contribution in [3.05, 3.63) is 34.3 Å². The molecular formula is C12H12ClN3OS2. The lowest BCUT2D eigenvalue weighted by atomic mass is 10.3. The molecule has 2 aromatic rings. The maximum Gasteiger partial charge on any atom is 0.237 e. The Balaban J connectivity index is 1.96. The first kappa shape index (κ1) is 14.3. The third-order valence-corrected chi connectivity index (χ3v) is 4.50. The Morgan fingerprint density at radius 1 is 1.47 bits per heavy atom. The van der Waals surface area contributed by atoms with E-state index in [1.54, 1.807) is 24.3 Å². The minimum atomic E-state index is -0.244. The lowest BCUT2D eigenvalue weighted by Crippen LogP contribution is -2.22. The standard InChI is InChI=1S/C12H12ClN3OS2/c1-7(18-12-16-15-8(2)19-12)11(17)14-10-5-3-4-9(13)6-10/h3-7H,1-2H3,(H,14,17). The molecule has 2 rings (SSSR count). The molecule has 0 aliphatic rings. The van der Waals surface area contributed by atoms with Gasteiger partial charge in [-0.15, -0.1) is 10.2 Å². The molecule has 0 spiro atoms. The highest BCUT2D eigenvalue weighted by molar-refractivity contribution is 8.02. The number of halogens is 1. The van der Waals surface area contributed by atoms with Gasteiger partial charge in [0.2, 0.25) is 5.91 Å². The molecule has 1 unspecified atom stereocenters. The molecule has 0 saturated heterocycles. The third kappa shape index (κ3) is 4.19. The van der Waals surface area contributed by atoms with Crippen LogP contribution in [0.3, 0.4) is 0 Å². The van der Waals surface area contributed by atoms with Gasteiger partial charge in [0, 0.05) is 10.7 Å². The van der Waals surface area contributed by atoms with Crippen molar-refractivity contribution in [2.75, 3.05) is 5.32 Å². The first-order valence-corrected chi connectivity index (χ1v) is 7.65. The van der Waals surface area contributed by atoms with E-state index in [1.165, 1.54) is 23.1 Å². The predicted octanol–water partition coefficient (Wildman–Crippen LogP) is 3.62. The summed E-state index contributed by atoms with van der Waals surface area (Å²) in [6.45, 7) is 3.72. The lowest BCUT2D eigenvalue weighted by Gasteiger charge is -2.10.